The molecule has 1 N–H and O–H groups in total. The number of phenolic OH excluding ortho intramolecular Hbond substituents is 1. The van der Waals surface area contributed by atoms with Gasteiger partial charge in [-0.25, -0.2) is 4.79 Å². The molecule has 0 fully saturated rings. The molecule has 1 aromatic carbocycles. The number of rotatable bonds is 5. The predicted molar refractivity (Wildman–Crippen MR) is 65.2 cm³/mol. The van der Waals surface area contributed by atoms with Crippen molar-refractivity contribution in [2.24, 2.45) is 0 Å². The Morgan fingerprint density at radius 1 is 1.31 bits per heavy atom. The molecule has 0 atom stereocenters. The lowest BCUT2D eigenvalue weighted by molar-refractivity contribution is 0.0495. The number of aromatic hydroxyl groups is 1. The minimum atomic E-state index is -0.454. The molecule has 0 spiro atoms. The van der Waals surface area contributed by atoms with E-state index in [9.17, 15) is 9.90 Å². The average molecular weight is 245 g/mol. The number of ether oxygens (including phenoxy) is 1. The molecule has 0 aliphatic rings. The summed E-state index contributed by atoms with van der Waals surface area (Å²) in [5.41, 5.74) is 0.231. The van der Waals surface area contributed by atoms with Gasteiger partial charge in [-0.15, -0.1) is 12.4 Å². The fraction of sp³-hybridized carbons (Fsp3) is 0.417. The summed E-state index contributed by atoms with van der Waals surface area (Å²) in [7, 11) is 0. The molecular weight excluding hydrogens is 228 g/mol. The fourth-order valence-corrected chi connectivity index (χ4v) is 1.24. The number of esters is 1. The summed E-state index contributed by atoms with van der Waals surface area (Å²) in [6, 6.07) is 6.39. The average Bonchev–Trinajstić information content (AvgIpc) is 2.25. The lowest BCUT2D eigenvalue weighted by Crippen LogP contribution is -2.06. The Balaban J connectivity index is 0.00000225. The third-order valence-corrected chi connectivity index (χ3v) is 2.11. The van der Waals surface area contributed by atoms with Gasteiger partial charge in [0.15, 0.2) is 0 Å². The normalized spacial score (nSPS) is 9.31. The van der Waals surface area contributed by atoms with Crippen molar-refractivity contribution in [3.63, 3.8) is 0 Å². The summed E-state index contributed by atoms with van der Waals surface area (Å²) < 4.78 is 5.01. The first-order chi connectivity index (χ1) is 7.25. The fourth-order valence-electron chi connectivity index (χ4n) is 1.24. The SMILES string of the molecule is CCCCCOC(=O)c1ccccc1O.Cl. The van der Waals surface area contributed by atoms with Crippen LogP contribution in [-0.4, -0.2) is 17.7 Å². The molecule has 16 heavy (non-hydrogen) atoms. The standard InChI is InChI=1S/C12H16O3.ClH/c1-2-3-6-9-15-12(14)10-7-4-5-8-11(10)13;/h4-5,7-8,13H,2-3,6,9H2,1H3;1H. The van der Waals surface area contributed by atoms with Crippen molar-refractivity contribution in [1.29, 1.82) is 0 Å². The first-order valence-corrected chi connectivity index (χ1v) is 5.20. The number of carbonyl (C=O) groups excluding carboxylic acids is 1. The second-order valence-corrected chi connectivity index (χ2v) is 3.36. The number of carbonyl (C=O) groups is 1. The van der Waals surface area contributed by atoms with Crippen LogP contribution in [0.25, 0.3) is 0 Å². The van der Waals surface area contributed by atoms with E-state index in [-0.39, 0.29) is 23.7 Å². The molecule has 0 amide bonds. The first kappa shape index (κ1) is 14.8. The minimum Gasteiger partial charge on any atom is -0.507 e. The summed E-state index contributed by atoms with van der Waals surface area (Å²) in [5.74, 6) is -0.484. The van der Waals surface area contributed by atoms with Crippen LogP contribution in [-0.2, 0) is 4.74 Å². The number of para-hydroxylation sites is 1. The second-order valence-electron chi connectivity index (χ2n) is 3.36. The Kier molecular flexibility index (Phi) is 7.38. The summed E-state index contributed by atoms with van der Waals surface area (Å²) in [6.45, 7) is 2.51. The molecule has 0 aromatic heterocycles. The first-order valence-electron chi connectivity index (χ1n) is 5.20. The van der Waals surface area contributed by atoms with Gasteiger partial charge in [0.1, 0.15) is 11.3 Å². The number of unbranched alkanes of at least 4 members (excludes halogenated alkanes) is 2. The van der Waals surface area contributed by atoms with E-state index in [1.165, 1.54) is 6.07 Å². The third-order valence-electron chi connectivity index (χ3n) is 2.11. The van der Waals surface area contributed by atoms with Crippen molar-refractivity contribution in [3.05, 3.63) is 29.8 Å². The summed E-state index contributed by atoms with van der Waals surface area (Å²) in [6.07, 6.45) is 3.01. The van der Waals surface area contributed by atoms with Gasteiger partial charge >= 0.3 is 5.97 Å². The zero-order valence-electron chi connectivity index (χ0n) is 9.31. The maximum atomic E-state index is 11.4. The van der Waals surface area contributed by atoms with Crippen LogP contribution in [0.4, 0.5) is 0 Å². The quantitative estimate of drug-likeness (QED) is 0.639. The van der Waals surface area contributed by atoms with Crippen molar-refractivity contribution >= 4 is 18.4 Å². The van der Waals surface area contributed by atoms with E-state index in [2.05, 4.69) is 6.92 Å². The third kappa shape index (κ3) is 4.53. The van der Waals surface area contributed by atoms with Gasteiger partial charge < -0.3 is 9.84 Å². The van der Waals surface area contributed by atoms with Gasteiger partial charge in [-0.1, -0.05) is 31.9 Å². The van der Waals surface area contributed by atoms with Gasteiger partial charge in [0, 0.05) is 0 Å². The smallest absolute Gasteiger partial charge is 0.341 e. The summed E-state index contributed by atoms with van der Waals surface area (Å²) >= 11 is 0. The molecule has 0 aliphatic heterocycles. The second kappa shape index (κ2) is 7.99. The van der Waals surface area contributed by atoms with Crippen LogP contribution in [0.3, 0.4) is 0 Å². The van der Waals surface area contributed by atoms with Gasteiger partial charge in [-0.05, 0) is 18.6 Å². The van der Waals surface area contributed by atoms with Crippen LogP contribution in [0, 0.1) is 0 Å². The zero-order chi connectivity index (χ0) is 11.1. The molecule has 0 radical (unpaired) electrons. The van der Waals surface area contributed by atoms with Crippen LogP contribution >= 0.6 is 12.4 Å². The van der Waals surface area contributed by atoms with Gasteiger partial charge in [-0.3, -0.25) is 0 Å². The lowest BCUT2D eigenvalue weighted by Gasteiger charge is -2.05. The summed E-state index contributed by atoms with van der Waals surface area (Å²) in [4.78, 5) is 11.4. The van der Waals surface area contributed by atoms with Crippen LogP contribution in [0.1, 0.15) is 36.5 Å². The Morgan fingerprint density at radius 2 is 2.00 bits per heavy atom. The Morgan fingerprint density at radius 3 is 2.62 bits per heavy atom. The molecule has 0 saturated carbocycles. The van der Waals surface area contributed by atoms with E-state index in [1.807, 2.05) is 0 Å². The number of benzene rings is 1. The largest absolute Gasteiger partial charge is 0.507 e. The number of hydrogen-bond acceptors (Lipinski definition) is 3. The van der Waals surface area contributed by atoms with E-state index < -0.39 is 5.97 Å². The van der Waals surface area contributed by atoms with Gasteiger partial charge in [-0.2, -0.15) is 0 Å². The number of hydrogen-bond donors (Lipinski definition) is 1. The van der Waals surface area contributed by atoms with E-state index in [4.69, 9.17) is 4.74 Å². The molecule has 0 saturated heterocycles. The molecule has 0 bridgehead atoms. The van der Waals surface area contributed by atoms with Crippen LogP contribution in [0.5, 0.6) is 5.75 Å². The molecule has 0 unspecified atom stereocenters. The molecule has 0 heterocycles. The van der Waals surface area contributed by atoms with E-state index >= 15 is 0 Å². The van der Waals surface area contributed by atoms with Gasteiger partial charge in [0.05, 0.1) is 6.61 Å². The Hall–Kier alpha value is -1.22. The lowest BCUT2D eigenvalue weighted by atomic mass is 10.2. The molecule has 3 nitrogen and oxygen atoms in total. The van der Waals surface area contributed by atoms with Crippen molar-refractivity contribution in [3.8, 4) is 5.75 Å². The van der Waals surface area contributed by atoms with Crippen LogP contribution < -0.4 is 0 Å². The molecule has 1 rings (SSSR count). The Labute approximate surface area is 102 Å². The van der Waals surface area contributed by atoms with Crippen LogP contribution in [0.15, 0.2) is 24.3 Å². The molecule has 0 aliphatic carbocycles. The maximum absolute atomic E-state index is 11.4. The van der Waals surface area contributed by atoms with E-state index in [1.54, 1.807) is 18.2 Å². The molecular formula is C12H17ClO3. The maximum Gasteiger partial charge on any atom is 0.341 e. The summed E-state index contributed by atoms with van der Waals surface area (Å²) in [5, 5.41) is 9.38. The highest BCUT2D eigenvalue weighted by Gasteiger charge is 2.10. The number of halogens is 1. The highest BCUT2D eigenvalue weighted by Crippen LogP contribution is 2.16. The molecule has 90 valence electrons. The Bertz CT molecular complexity index is 326. The van der Waals surface area contributed by atoms with Crippen molar-refractivity contribution in [1.82, 2.24) is 0 Å². The predicted octanol–water partition coefficient (Wildman–Crippen LogP) is 3.16. The van der Waals surface area contributed by atoms with Crippen molar-refractivity contribution in [2.75, 3.05) is 6.61 Å². The van der Waals surface area contributed by atoms with Gasteiger partial charge in [0.2, 0.25) is 0 Å². The van der Waals surface area contributed by atoms with Crippen molar-refractivity contribution < 1.29 is 14.6 Å². The monoisotopic (exact) mass is 244 g/mol. The van der Waals surface area contributed by atoms with E-state index in [0.717, 1.165) is 19.3 Å². The molecule has 1 aromatic rings. The van der Waals surface area contributed by atoms with Crippen LogP contribution in [0.2, 0.25) is 0 Å². The molecule has 4 heteroatoms. The topological polar surface area (TPSA) is 46.5 Å². The zero-order valence-corrected chi connectivity index (χ0v) is 10.1. The highest BCUT2D eigenvalue weighted by atomic mass is 35.5. The minimum absolute atomic E-state index is 0. The van der Waals surface area contributed by atoms with Gasteiger partial charge in [0.25, 0.3) is 0 Å². The number of phenols is 1. The highest BCUT2D eigenvalue weighted by molar-refractivity contribution is 5.92. The van der Waals surface area contributed by atoms with E-state index in [0.29, 0.717) is 6.61 Å². The van der Waals surface area contributed by atoms with Crippen molar-refractivity contribution in [2.45, 2.75) is 26.2 Å².